The molecule has 2 aromatic carbocycles. The van der Waals surface area contributed by atoms with Crippen LogP contribution in [0.4, 0.5) is 5.69 Å². The molecule has 0 saturated carbocycles. The minimum atomic E-state index is -1.51. The number of rotatable bonds is 2. The van der Waals surface area contributed by atoms with Crippen molar-refractivity contribution in [2.24, 2.45) is 0 Å². The standard InChI is InChI=1S/C17H16ClNO2/c1-11-3-8-15-14(9-11)17(21,16(20)19(15)2)10-12-4-6-13(18)7-5-12/h3-9,21H,10H2,1-2H3. The fourth-order valence-electron chi connectivity index (χ4n) is 2.84. The molecule has 0 fully saturated rings. The number of benzene rings is 2. The van der Waals surface area contributed by atoms with E-state index >= 15 is 0 Å². The van der Waals surface area contributed by atoms with Crippen molar-refractivity contribution in [2.45, 2.75) is 18.9 Å². The number of carbonyl (C=O) groups is 1. The van der Waals surface area contributed by atoms with Crippen molar-refractivity contribution in [3.05, 3.63) is 64.2 Å². The zero-order valence-corrected chi connectivity index (χ0v) is 12.7. The van der Waals surface area contributed by atoms with Crippen LogP contribution < -0.4 is 4.90 Å². The number of halogens is 1. The van der Waals surface area contributed by atoms with Gasteiger partial charge in [-0.25, -0.2) is 0 Å². The molecule has 3 nitrogen and oxygen atoms in total. The minimum Gasteiger partial charge on any atom is -0.375 e. The SMILES string of the molecule is Cc1ccc2c(c1)C(O)(Cc1ccc(Cl)cc1)C(=O)N2C. The number of hydrogen-bond acceptors (Lipinski definition) is 2. The second-order valence-corrected chi connectivity index (χ2v) is 5.98. The van der Waals surface area contributed by atoms with Gasteiger partial charge in [0.15, 0.2) is 5.60 Å². The van der Waals surface area contributed by atoms with Gasteiger partial charge in [0.1, 0.15) is 0 Å². The van der Waals surface area contributed by atoms with Crippen molar-refractivity contribution in [1.82, 2.24) is 0 Å². The number of amides is 1. The van der Waals surface area contributed by atoms with E-state index in [4.69, 9.17) is 11.6 Å². The molecule has 3 rings (SSSR count). The Labute approximate surface area is 128 Å². The molecular weight excluding hydrogens is 286 g/mol. The maximum absolute atomic E-state index is 12.5. The molecule has 1 aliphatic heterocycles. The van der Waals surface area contributed by atoms with Gasteiger partial charge in [-0.15, -0.1) is 0 Å². The van der Waals surface area contributed by atoms with Gasteiger partial charge in [-0.05, 0) is 30.7 Å². The molecule has 1 atom stereocenters. The highest BCUT2D eigenvalue weighted by molar-refractivity contribution is 6.30. The molecule has 1 heterocycles. The molecule has 0 bridgehead atoms. The van der Waals surface area contributed by atoms with E-state index in [0.717, 1.165) is 16.8 Å². The lowest BCUT2D eigenvalue weighted by Crippen LogP contribution is -2.40. The second-order valence-electron chi connectivity index (χ2n) is 5.55. The Bertz CT molecular complexity index is 711. The maximum Gasteiger partial charge on any atom is 0.263 e. The highest BCUT2D eigenvalue weighted by Crippen LogP contribution is 2.41. The van der Waals surface area contributed by atoms with Crippen LogP contribution in [0.1, 0.15) is 16.7 Å². The number of nitrogens with zero attached hydrogens (tertiary/aromatic N) is 1. The molecule has 0 spiro atoms. The lowest BCUT2D eigenvalue weighted by Gasteiger charge is -2.22. The van der Waals surface area contributed by atoms with Crippen molar-refractivity contribution < 1.29 is 9.90 Å². The summed E-state index contributed by atoms with van der Waals surface area (Å²) in [5.74, 6) is -0.293. The van der Waals surface area contributed by atoms with Crippen LogP contribution in [-0.2, 0) is 16.8 Å². The van der Waals surface area contributed by atoms with Crippen LogP contribution in [0.3, 0.4) is 0 Å². The largest absolute Gasteiger partial charge is 0.375 e. The fraction of sp³-hybridized carbons (Fsp3) is 0.235. The quantitative estimate of drug-likeness (QED) is 0.926. The summed E-state index contributed by atoms with van der Waals surface area (Å²) in [6.07, 6.45) is 0.240. The van der Waals surface area contributed by atoms with E-state index in [-0.39, 0.29) is 12.3 Å². The Morgan fingerprint density at radius 2 is 1.86 bits per heavy atom. The molecule has 1 amide bonds. The van der Waals surface area contributed by atoms with Crippen LogP contribution in [0.5, 0.6) is 0 Å². The molecule has 1 aliphatic rings. The topological polar surface area (TPSA) is 40.5 Å². The normalized spacial score (nSPS) is 20.8. The number of aryl methyl sites for hydroxylation is 1. The van der Waals surface area contributed by atoms with Gasteiger partial charge in [0.05, 0.1) is 5.69 Å². The molecule has 4 heteroatoms. The third kappa shape index (κ3) is 2.23. The summed E-state index contributed by atoms with van der Waals surface area (Å²) < 4.78 is 0. The van der Waals surface area contributed by atoms with Gasteiger partial charge >= 0.3 is 0 Å². The zero-order valence-electron chi connectivity index (χ0n) is 11.9. The first kappa shape index (κ1) is 14.1. The predicted octanol–water partition coefficient (Wildman–Crippen LogP) is 3.06. The minimum absolute atomic E-state index is 0.240. The number of carbonyl (C=O) groups excluding carboxylic acids is 1. The second kappa shape index (κ2) is 4.86. The number of aliphatic hydroxyl groups is 1. The first-order valence-corrected chi connectivity index (χ1v) is 7.16. The Morgan fingerprint density at radius 3 is 2.52 bits per heavy atom. The maximum atomic E-state index is 12.5. The highest BCUT2D eigenvalue weighted by Gasteiger charge is 2.48. The Kier molecular flexibility index (Phi) is 3.27. The summed E-state index contributed by atoms with van der Waals surface area (Å²) in [4.78, 5) is 14.0. The van der Waals surface area contributed by atoms with Gasteiger partial charge in [-0.1, -0.05) is 41.4 Å². The van der Waals surface area contributed by atoms with Crippen LogP contribution in [0.25, 0.3) is 0 Å². The molecule has 108 valence electrons. The zero-order chi connectivity index (χ0) is 15.2. The summed E-state index contributed by atoms with van der Waals surface area (Å²) in [7, 11) is 1.69. The number of hydrogen-bond donors (Lipinski definition) is 1. The van der Waals surface area contributed by atoms with Crippen molar-refractivity contribution >= 4 is 23.2 Å². The number of anilines is 1. The van der Waals surface area contributed by atoms with Gasteiger partial charge in [0, 0.05) is 24.1 Å². The number of fused-ring (bicyclic) bond motifs is 1. The Balaban J connectivity index is 2.06. The molecule has 2 aromatic rings. The van der Waals surface area contributed by atoms with E-state index in [1.165, 1.54) is 4.90 Å². The van der Waals surface area contributed by atoms with Gasteiger partial charge in [0.25, 0.3) is 5.91 Å². The highest BCUT2D eigenvalue weighted by atomic mass is 35.5. The van der Waals surface area contributed by atoms with Crippen LogP contribution in [0.15, 0.2) is 42.5 Å². The molecule has 0 aliphatic carbocycles. The predicted molar refractivity (Wildman–Crippen MR) is 83.6 cm³/mol. The Hall–Kier alpha value is -1.84. The lowest BCUT2D eigenvalue weighted by atomic mass is 9.88. The van der Waals surface area contributed by atoms with E-state index in [0.29, 0.717) is 10.6 Å². The summed E-state index contributed by atoms with van der Waals surface area (Å²) in [5.41, 5.74) is 1.82. The van der Waals surface area contributed by atoms with Gasteiger partial charge in [0.2, 0.25) is 0 Å². The van der Waals surface area contributed by atoms with Gasteiger partial charge in [-0.2, -0.15) is 0 Å². The molecule has 0 radical (unpaired) electrons. The van der Waals surface area contributed by atoms with Crippen molar-refractivity contribution in [3.63, 3.8) is 0 Å². The van der Waals surface area contributed by atoms with Crippen LogP contribution >= 0.6 is 11.6 Å². The average Bonchev–Trinajstić information content (AvgIpc) is 2.64. The summed E-state index contributed by atoms with van der Waals surface area (Å²) >= 11 is 5.88. The van der Waals surface area contributed by atoms with E-state index in [1.807, 2.05) is 37.3 Å². The molecular formula is C17H16ClNO2. The summed E-state index contributed by atoms with van der Waals surface area (Å²) in [6, 6.07) is 12.9. The first-order chi connectivity index (χ1) is 9.91. The molecule has 1 unspecified atom stereocenters. The van der Waals surface area contributed by atoms with E-state index in [9.17, 15) is 9.90 Å². The van der Waals surface area contributed by atoms with E-state index in [2.05, 4.69) is 0 Å². The average molecular weight is 302 g/mol. The van der Waals surface area contributed by atoms with Crippen molar-refractivity contribution in [3.8, 4) is 0 Å². The monoisotopic (exact) mass is 301 g/mol. The summed E-state index contributed by atoms with van der Waals surface area (Å²) in [5, 5.41) is 11.6. The fourth-order valence-corrected chi connectivity index (χ4v) is 2.97. The summed E-state index contributed by atoms with van der Waals surface area (Å²) in [6.45, 7) is 1.95. The van der Waals surface area contributed by atoms with Crippen LogP contribution in [0.2, 0.25) is 5.02 Å². The molecule has 21 heavy (non-hydrogen) atoms. The van der Waals surface area contributed by atoms with Crippen LogP contribution in [0, 0.1) is 6.92 Å². The van der Waals surface area contributed by atoms with Crippen molar-refractivity contribution in [1.29, 1.82) is 0 Å². The van der Waals surface area contributed by atoms with E-state index in [1.54, 1.807) is 19.2 Å². The van der Waals surface area contributed by atoms with E-state index < -0.39 is 5.60 Å². The smallest absolute Gasteiger partial charge is 0.263 e. The first-order valence-electron chi connectivity index (χ1n) is 6.78. The Morgan fingerprint density at radius 1 is 1.19 bits per heavy atom. The lowest BCUT2D eigenvalue weighted by molar-refractivity contribution is -0.135. The number of likely N-dealkylation sites (N-methyl/N-ethyl adjacent to an activating group) is 1. The van der Waals surface area contributed by atoms with Crippen LogP contribution in [-0.4, -0.2) is 18.1 Å². The third-order valence-corrected chi connectivity index (χ3v) is 4.24. The molecule has 0 saturated heterocycles. The van der Waals surface area contributed by atoms with Crippen molar-refractivity contribution in [2.75, 3.05) is 11.9 Å². The molecule has 0 aromatic heterocycles. The van der Waals surface area contributed by atoms with Gasteiger partial charge in [-0.3, -0.25) is 4.79 Å². The molecule has 1 N–H and O–H groups in total. The van der Waals surface area contributed by atoms with Gasteiger partial charge < -0.3 is 10.0 Å². The third-order valence-electron chi connectivity index (χ3n) is 3.99.